The molecule has 1 aromatic carbocycles. The minimum absolute atomic E-state index is 0.233. The third-order valence-corrected chi connectivity index (χ3v) is 3.89. The first-order valence-corrected chi connectivity index (χ1v) is 6.91. The third kappa shape index (κ3) is 3.33. The molecule has 1 N–H and O–H groups in total. The summed E-state index contributed by atoms with van der Waals surface area (Å²) in [6.07, 6.45) is 0. The SMILES string of the molecule is CC(NCc1cc(C#N)cs1)c1cccc(Cl)c1. The molecule has 0 aliphatic rings. The van der Waals surface area contributed by atoms with E-state index in [4.69, 9.17) is 16.9 Å². The molecule has 0 bridgehead atoms. The van der Waals surface area contributed by atoms with Gasteiger partial charge in [-0.15, -0.1) is 11.3 Å². The Balaban J connectivity index is 1.96. The van der Waals surface area contributed by atoms with Crippen molar-refractivity contribution in [1.82, 2.24) is 5.32 Å². The van der Waals surface area contributed by atoms with E-state index < -0.39 is 0 Å². The molecule has 1 unspecified atom stereocenters. The van der Waals surface area contributed by atoms with Crippen LogP contribution >= 0.6 is 22.9 Å². The molecule has 0 saturated carbocycles. The van der Waals surface area contributed by atoms with Gasteiger partial charge in [-0.1, -0.05) is 23.7 Å². The van der Waals surface area contributed by atoms with Crippen LogP contribution in [0.4, 0.5) is 0 Å². The summed E-state index contributed by atoms with van der Waals surface area (Å²) < 4.78 is 0. The van der Waals surface area contributed by atoms with Crippen molar-refractivity contribution < 1.29 is 0 Å². The van der Waals surface area contributed by atoms with Gasteiger partial charge in [-0.3, -0.25) is 0 Å². The highest BCUT2D eigenvalue weighted by atomic mass is 35.5. The van der Waals surface area contributed by atoms with Gasteiger partial charge in [0.15, 0.2) is 0 Å². The molecule has 1 aromatic heterocycles. The number of hydrogen-bond acceptors (Lipinski definition) is 3. The topological polar surface area (TPSA) is 35.8 Å². The van der Waals surface area contributed by atoms with Crippen LogP contribution in [0.15, 0.2) is 35.7 Å². The van der Waals surface area contributed by atoms with Crippen molar-refractivity contribution in [3.8, 4) is 6.07 Å². The lowest BCUT2D eigenvalue weighted by molar-refractivity contribution is 0.579. The molecular formula is C14H13ClN2S. The van der Waals surface area contributed by atoms with Crippen molar-refractivity contribution in [2.24, 2.45) is 0 Å². The van der Waals surface area contributed by atoms with Crippen LogP contribution in [-0.4, -0.2) is 0 Å². The van der Waals surface area contributed by atoms with Gasteiger partial charge in [-0.2, -0.15) is 5.26 Å². The Morgan fingerprint density at radius 3 is 2.94 bits per heavy atom. The Morgan fingerprint density at radius 2 is 2.28 bits per heavy atom. The highest BCUT2D eigenvalue weighted by Crippen LogP contribution is 2.19. The first-order chi connectivity index (χ1) is 8.69. The van der Waals surface area contributed by atoms with Gasteiger partial charge >= 0.3 is 0 Å². The van der Waals surface area contributed by atoms with Crippen molar-refractivity contribution >= 4 is 22.9 Å². The Bertz CT molecular complexity index is 571. The monoisotopic (exact) mass is 276 g/mol. The summed E-state index contributed by atoms with van der Waals surface area (Å²) in [5.41, 5.74) is 1.90. The molecule has 18 heavy (non-hydrogen) atoms. The summed E-state index contributed by atoms with van der Waals surface area (Å²) in [6.45, 7) is 2.87. The van der Waals surface area contributed by atoms with E-state index in [2.05, 4.69) is 24.4 Å². The van der Waals surface area contributed by atoms with E-state index in [0.29, 0.717) is 0 Å². The van der Waals surface area contributed by atoms with Crippen molar-refractivity contribution in [1.29, 1.82) is 5.26 Å². The largest absolute Gasteiger partial charge is 0.305 e. The average Bonchev–Trinajstić information content (AvgIpc) is 2.84. The summed E-state index contributed by atoms with van der Waals surface area (Å²) >= 11 is 7.57. The smallest absolute Gasteiger partial charge is 0.100 e. The van der Waals surface area contributed by atoms with Gasteiger partial charge in [0.2, 0.25) is 0 Å². The van der Waals surface area contributed by atoms with Crippen molar-refractivity contribution in [2.45, 2.75) is 19.5 Å². The van der Waals surface area contributed by atoms with Crippen LogP contribution in [0.1, 0.15) is 29.0 Å². The lowest BCUT2D eigenvalue weighted by atomic mass is 10.1. The summed E-state index contributed by atoms with van der Waals surface area (Å²) in [7, 11) is 0. The summed E-state index contributed by atoms with van der Waals surface area (Å²) in [5, 5.41) is 14.8. The fourth-order valence-corrected chi connectivity index (χ4v) is 2.64. The number of benzene rings is 1. The molecular weight excluding hydrogens is 264 g/mol. The predicted octanol–water partition coefficient (Wildman–Crippen LogP) is 4.12. The van der Waals surface area contributed by atoms with Crippen LogP contribution in [0.3, 0.4) is 0 Å². The number of nitrogens with zero attached hydrogens (tertiary/aromatic N) is 1. The first-order valence-electron chi connectivity index (χ1n) is 5.65. The molecule has 4 heteroatoms. The molecule has 0 radical (unpaired) electrons. The third-order valence-electron chi connectivity index (χ3n) is 2.71. The molecule has 0 saturated heterocycles. The molecule has 92 valence electrons. The highest BCUT2D eigenvalue weighted by molar-refractivity contribution is 7.10. The van der Waals surface area contributed by atoms with Crippen LogP contribution in [-0.2, 0) is 6.54 Å². The number of hydrogen-bond donors (Lipinski definition) is 1. The van der Waals surface area contributed by atoms with Crippen LogP contribution in [0.5, 0.6) is 0 Å². The molecule has 0 aliphatic heterocycles. The maximum atomic E-state index is 8.76. The van der Waals surface area contributed by atoms with Crippen LogP contribution in [0.2, 0.25) is 5.02 Å². The standard InChI is InChI=1S/C14H13ClN2S/c1-10(12-3-2-4-13(15)6-12)17-8-14-5-11(7-16)9-18-14/h2-6,9-10,17H,8H2,1H3. The van der Waals surface area contributed by atoms with E-state index in [-0.39, 0.29) is 6.04 Å². The molecule has 0 fully saturated rings. The van der Waals surface area contributed by atoms with E-state index in [1.165, 1.54) is 10.4 Å². The normalized spacial score (nSPS) is 12.1. The second kappa shape index (κ2) is 6.01. The van der Waals surface area contributed by atoms with Crippen LogP contribution in [0, 0.1) is 11.3 Å². The molecule has 2 rings (SSSR count). The summed E-state index contributed by atoms with van der Waals surface area (Å²) in [6, 6.07) is 12.1. The summed E-state index contributed by atoms with van der Waals surface area (Å²) in [5.74, 6) is 0. The van der Waals surface area contributed by atoms with Gasteiger partial charge in [-0.05, 0) is 30.7 Å². The second-order valence-corrected chi connectivity index (χ2v) is 5.50. The number of rotatable bonds is 4. The van der Waals surface area contributed by atoms with E-state index in [0.717, 1.165) is 17.1 Å². The van der Waals surface area contributed by atoms with E-state index in [9.17, 15) is 0 Å². The molecule has 0 amide bonds. The van der Waals surface area contributed by atoms with E-state index >= 15 is 0 Å². The quantitative estimate of drug-likeness (QED) is 0.912. The maximum Gasteiger partial charge on any atom is 0.100 e. The molecule has 1 atom stereocenters. The minimum Gasteiger partial charge on any atom is -0.305 e. The predicted molar refractivity (Wildman–Crippen MR) is 75.7 cm³/mol. The van der Waals surface area contributed by atoms with Gasteiger partial charge in [-0.25, -0.2) is 0 Å². The number of nitriles is 1. The molecule has 1 heterocycles. The number of halogens is 1. The Kier molecular flexibility index (Phi) is 4.38. The van der Waals surface area contributed by atoms with Gasteiger partial charge in [0, 0.05) is 27.9 Å². The fourth-order valence-electron chi connectivity index (χ4n) is 1.68. The second-order valence-electron chi connectivity index (χ2n) is 4.07. The Morgan fingerprint density at radius 1 is 1.44 bits per heavy atom. The Labute approximate surface area is 116 Å². The van der Waals surface area contributed by atoms with Gasteiger partial charge < -0.3 is 5.32 Å². The van der Waals surface area contributed by atoms with Crippen molar-refractivity contribution in [3.05, 3.63) is 56.7 Å². The molecule has 0 spiro atoms. The summed E-state index contributed by atoms with van der Waals surface area (Å²) in [4.78, 5) is 1.17. The number of nitrogens with one attached hydrogen (secondary N) is 1. The molecule has 0 aliphatic carbocycles. The van der Waals surface area contributed by atoms with Crippen molar-refractivity contribution in [3.63, 3.8) is 0 Å². The zero-order chi connectivity index (χ0) is 13.0. The zero-order valence-electron chi connectivity index (χ0n) is 9.98. The van der Waals surface area contributed by atoms with Crippen LogP contribution in [0.25, 0.3) is 0 Å². The molecule has 2 aromatic rings. The lowest BCUT2D eigenvalue weighted by Gasteiger charge is -2.13. The van der Waals surface area contributed by atoms with Crippen LogP contribution < -0.4 is 5.32 Å². The van der Waals surface area contributed by atoms with E-state index in [1.807, 2.05) is 29.6 Å². The van der Waals surface area contributed by atoms with E-state index in [1.54, 1.807) is 11.3 Å². The highest BCUT2D eigenvalue weighted by Gasteiger charge is 2.06. The van der Waals surface area contributed by atoms with Gasteiger partial charge in [0.05, 0.1) is 5.56 Å². The first kappa shape index (κ1) is 13.1. The minimum atomic E-state index is 0.233. The fraction of sp³-hybridized carbons (Fsp3) is 0.214. The Hall–Kier alpha value is -1.34. The average molecular weight is 277 g/mol. The maximum absolute atomic E-state index is 8.76. The zero-order valence-corrected chi connectivity index (χ0v) is 11.6. The molecule has 2 nitrogen and oxygen atoms in total. The van der Waals surface area contributed by atoms with Crippen molar-refractivity contribution in [2.75, 3.05) is 0 Å². The number of thiophene rings is 1. The van der Waals surface area contributed by atoms with Gasteiger partial charge in [0.25, 0.3) is 0 Å². The lowest BCUT2D eigenvalue weighted by Crippen LogP contribution is -2.17. The van der Waals surface area contributed by atoms with Gasteiger partial charge in [0.1, 0.15) is 6.07 Å².